The van der Waals surface area contributed by atoms with Gasteiger partial charge in [0.1, 0.15) is 0 Å². The first-order chi connectivity index (χ1) is 13.8. The smallest absolute Gasteiger partial charge is 0.276 e. The normalized spacial score (nSPS) is 20.6. The number of aromatic nitrogens is 4. The van der Waals surface area contributed by atoms with Crippen molar-refractivity contribution in [2.75, 3.05) is 38.7 Å². The average Bonchev–Trinajstić information content (AvgIpc) is 3.38. The number of carbonyl (C=O) groups excluding carboxylic acids is 1. The van der Waals surface area contributed by atoms with E-state index < -0.39 is 0 Å². The maximum Gasteiger partial charge on any atom is 0.276 e. The number of anilines is 1. The molecule has 29 heavy (non-hydrogen) atoms. The molecule has 158 valence electrons. The maximum absolute atomic E-state index is 12.8. The largest absolute Gasteiger partial charge is 0.318 e. The highest BCUT2D eigenvalue weighted by Crippen LogP contribution is 2.35. The number of amides is 1. The van der Waals surface area contributed by atoms with Gasteiger partial charge in [-0.15, -0.1) is 0 Å². The van der Waals surface area contributed by atoms with Crippen molar-refractivity contribution in [3.8, 4) is 0 Å². The summed E-state index contributed by atoms with van der Waals surface area (Å²) in [6.45, 7) is 11.1. The van der Waals surface area contributed by atoms with Crippen LogP contribution >= 0.6 is 0 Å². The van der Waals surface area contributed by atoms with Crippen molar-refractivity contribution in [1.82, 2.24) is 29.8 Å². The Balaban J connectivity index is 1.34. The van der Waals surface area contributed by atoms with E-state index in [9.17, 15) is 4.79 Å². The molecule has 3 heterocycles. The second-order valence-electron chi connectivity index (χ2n) is 9.51. The molecule has 2 aliphatic rings. The van der Waals surface area contributed by atoms with E-state index in [1.54, 1.807) is 6.20 Å². The lowest BCUT2D eigenvalue weighted by Crippen LogP contribution is -2.25. The quantitative estimate of drug-likeness (QED) is 0.780. The molecule has 8 heteroatoms. The first-order valence-electron chi connectivity index (χ1n) is 10.6. The van der Waals surface area contributed by atoms with Gasteiger partial charge in [-0.3, -0.25) is 24.4 Å². The van der Waals surface area contributed by atoms with Gasteiger partial charge in [0.15, 0.2) is 5.69 Å². The number of H-pyrrole nitrogens is 1. The van der Waals surface area contributed by atoms with Crippen molar-refractivity contribution in [3.05, 3.63) is 29.3 Å². The number of aromatic amines is 1. The van der Waals surface area contributed by atoms with Crippen LogP contribution in [-0.4, -0.2) is 69.0 Å². The van der Waals surface area contributed by atoms with E-state index >= 15 is 0 Å². The summed E-state index contributed by atoms with van der Waals surface area (Å²) < 4.78 is 1.94. The predicted octanol–water partition coefficient (Wildman–Crippen LogP) is 2.53. The van der Waals surface area contributed by atoms with Gasteiger partial charge in [0, 0.05) is 37.1 Å². The predicted molar refractivity (Wildman–Crippen MR) is 113 cm³/mol. The number of nitrogens with zero attached hydrogens (tertiary/aromatic N) is 5. The van der Waals surface area contributed by atoms with Crippen molar-refractivity contribution in [3.63, 3.8) is 0 Å². The highest BCUT2D eigenvalue weighted by Gasteiger charge is 2.30. The van der Waals surface area contributed by atoms with Crippen LogP contribution in [0.5, 0.6) is 0 Å². The molecule has 1 fully saturated rings. The number of likely N-dealkylation sites (N-methyl/N-ethyl adjacent to an activating group) is 1. The first kappa shape index (κ1) is 20.1. The number of rotatable bonds is 6. The zero-order valence-corrected chi connectivity index (χ0v) is 18.0. The fraction of sp³-hybridized carbons (Fsp3) is 0.667. The van der Waals surface area contributed by atoms with E-state index in [4.69, 9.17) is 0 Å². The lowest BCUT2D eigenvalue weighted by molar-refractivity contribution is 0.102. The Morgan fingerprint density at radius 3 is 2.97 bits per heavy atom. The van der Waals surface area contributed by atoms with Gasteiger partial charge in [0.2, 0.25) is 0 Å². The van der Waals surface area contributed by atoms with Gasteiger partial charge in [0.25, 0.3) is 5.91 Å². The molecule has 1 unspecified atom stereocenters. The van der Waals surface area contributed by atoms with Gasteiger partial charge in [-0.1, -0.05) is 13.8 Å². The molecule has 1 atom stereocenters. The van der Waals surface area contributed by atoms with Crippen LogP contribution in [0.1, 0.15) is 61.4 Å². The molecule has 0 saturated carbocycles. The summed E-state index contributed by atoms with van der Waals surface area (Å²) in [7, 11) is 2.16. The van der Waals surface area contributed by atoms with E-state index in [-0.39, 0.29) is 17.4 Å². The van der Waals surface area contributed by atoms with Crippen molar-refractivity contribution >= 4 is 11.6 Å². The van der Waals surface area contributed by atoms with Gasteiger partial charge in [-0.2, -0.15) is 10.2 Å². The minimum Gasteiger partial charge on any atom is -0.318 e. The molecule has 0 radical (unpaired) electrons. The Morgan fingerprint density at radius 2 is 2.21 bits per heavy atom. The second-order valence-corrected chi connectivity index (χ2v) is 9.51. The van der Waals surface area contributed by atoms with Crippen molar-refractivity contribution < 1.29 is 4.79 Å². The van der Waals surface area contributed by atoms with Crippen LogP contribution in [0.4, 0.5) is 5.69 Å². The molecule has 4 rings (SSSR count). The Kier molecular flexibility index (Phi) is 5.48. The van der Waals surface area contributed by atoms with Crippen molar-refractivity contribution in [2.24, 2.45) is 5.41 Å². The molecule has 1 saturated heterocycles. The van der Waals surface area contributed by atoms with Crippen molar-refractivity contribution in [2.45, 2.75) is 52.5 Å². The first-order valence-corrected chi connectivity index (χ1v) is 10.6. The Hall–Kier alpha value is -2.19. The minimum atomic E-state index is -0.158. The summed E-state index contributed by atoms with van der Waals surface area (Å²) in [5.74, 6) is -0.158. The van der Waals surface area contributed by atoms with Crippen molar-refractivity contribution in [1.29, 1.82) is 0 Å². The fourth-order valence-electron chi connectivity index (χ4n) is 4.35. The van der Waals surface area contributed by atoms with E-state index in [2.05, 4.69) is 58.2 Å². The number of hydrogen-bond acceptors (Lipinski definition) is 5. The standard InChI is InChI=1S/C21H33N7O/c1-15(6-8-27-10-9-26(4)14-27)28-13-16(12-22-28)23-20(29)19-17-5-7-21(2,3)11-18(17)24-25-19/h12-13,15H,5-11,14H2,1-4H3,(H,23,29)(H,24,25). The minimum absolute atomic E-state index is 0.158. The fourth-order valence-corrected chi connectivity index (χ4v) is 4.35. The SMILES string of the molecule is CC(CCN1CCN(C)C1)n1cc(NC(=O)c2n[nH]c3c2CCC(C)(C)C3)cn1. The summed E-state index contributed by atoms with van der Waals surface area (Å²) >= 11 is 0. The zero-order chi connectivity index (χ0) is 20.6. The Morgan fingerprint density at radius 1 is 1.38 bits per heavy atom. The molecule has 2 aromatic rings. The van der Waals surface area contributed by atoms with Gasteiger partial charge in [-0.25, -0.2) is 0 Å². The Labute approximate surface area is 172 Å². The third-order valence-corrected chi connectivity index (χ3v) is 6.29. The van der Waals surface area contributed by atoms with Gasteiger partial charge in [-0.05, 0) is 45.1 Å². The molecule has 2 N–H and O–H groups in total. The number of nitrogens with one attached hydrogen (secondary N) is 2. The summed E-state index contributed by atoms with van der Waals surface area (Å²) in [6, 6.07) is 0.284. The summed E-state index contributed by atoms with van der Waals surface area (Å²) in [6.07, 6.45) is 7.57. The highest BCUT2D eigenvalue weighted by molar-refractivity contribution is 6.03. The van der Waals surface area contributed by atoms with Gasteiger partial charge in [0.05, 0.1) is 24.6 Å². The summed E-state index contributed by atoms with van der Waals surface area (Å²) in [4.78, 5) is 17.6. The van der Waals surface area contributed by atoms with E-state index in [0.717, 1.165) is 68.9 Å². The van der Waals surface area contributed by atoms with Crippen LogP contribution < -0.4 is 5.32 Å². The zero-order valence-electron chi connectivity index (χ0n) is 18.0. The molecule has 1 aliphatic carbocycles. The molecule has 2 aromatic heterocycles. The Bertz CT molecular complexity index is 868. The topological polar surface area (TPSA) is 82.1 Å². The second kappa shape index (κ2) is 7.91. The molecular weight excluding hydrogens is 366 g/mol. The van der Waals surface area contributed by atoms with Crippen LogP contribution in [0.3, 0.4) is 0 Å². The molecule has 0 spiro atoms. The van der Waals surface area contributed by atoms with Gasteiger partial charge < -0.3 is 5.32 Å². The van der Waals surface area contributed by atoms with E-state index in [1.165, 1.54) is 0 Å². The van der Waals surface area contributed by atoms with Gasteiger partial charge >= 0.3 is 0 Å². The summed E-state index contributed by atoms with van der Waals surface area (Å²) in [5.41, 5.74) is 3.67. The van der Waals surface area contributed by atoms with E-state index in [1.807, 2.05) is 10.9 Å². The van der Waals surface area contributed by atoms with Crippen LogP contribution in [-0.2, 0) is 12.8 Å². The lowest BCUT2D eigenvalue weighted by atomic mass is 9.76. The maximum atomic E-state index is 12.8. The average molecular weight is 400 g/mol. The highest BCUT2D eigenvalue weighted by atomic mass is 16.2. The van der Waals surface area contributed by atoms with E-state index in [0.29, 0.717) is 5.69 Å². The number of carbonyl (C=O) groups is 1. The molecule has 0 aromatic carbocycles. The molecule has 1 amide bonds. The lowest BCUT2D eigenvalue weighted by Gasteiger charge is -2.28. The number of fused-ring (bicyclic) bond motifs is 1. The van der Waals surface area contributed by atoms with Crippen LogP contribution in [0, 0.1) is 5.41 Å². The monoisotopic (exact) mass is 399 g/mol. The molecule has 0 bridgehead atoms. The molecule has 8 nitrogen and oxygen atoms in total. The third-order valence-electron chi connectivity index (χ3n) is 6.29. The third kappa shape index (κ3) is 4.53. The van der Waals surface area contributed by atoms with Crippen LogP contribution in [0.15, 0.2) is 12.4 Å². The molecular formula is C21H33N7O. The van der Waals surface area contributed by atoms with Crippen LogP contribution in [0.2, 0.25) is 0 Å². The number of hydrogen-bond donors (Lipinski definition) is 2. The molecule has 1 aliphatic heterocycles. The van der Waals surface area contributed by atoms with Crippen LogP contribution in [0.25, 0.3) is 0 Å². The summed E-state index contributed by atoms with van der Waals surface area (Å²) in [5, 5.41) is 14.8.